The van der Waals surface area contributed by atoms with Crippen LogP contribution in [-0.4, -0.2) is 31.3 Å². The van der Waals surface area contributed by atoms with Crippen LogP contribution in [0.2, 0.25) is 0 Å². The van der Waals surface area contributed by atoms with Crippen LogP contribution in [0.1, 0.15) is 25.2 Å². The Morgan fingerprint density at radius 3 is 2.76 bits per heavy atom. The minimum Gasteiger partial charge on any atom is -0.497 e. The van der Waals surface area contributed by atoms with Crippen LogP contribution < -0.4 is 10.1 Å². The molecular weight excluding hydrogens is 216 g/mol. The van der Waals surface area contributed by atoms with Gasteiger partial charge in [-0.1, -0.05) is 13.8 Å². The van der Waals surface area contributed by atoms with E-state index >= 15 is 0 Å². The van der Waals surface area contributed by atoms with E-state index in [2.05, 4.69) is 24.1 Å². The first-order chi connectivity index (χ1) is 8.11. The number of ether oxygens (including phenoxy) is 2. The second kappa shape index (κ2) is 7.25. The summed E-state index contributed by atoms with van der Waals surface area (Å²) in [4.78, 5) is 4.39. The quantitative estimate of drug-likeness (QED) is 0.737. The van der Waals surface area contributed by atoms with Crippen molar-refractivity contribution in [1.29, 1.82) is 0 Å². The van der Waals surface area contributed by atoms with Crippen LogP contribution >= 0.6 is 0 Å². The zero-order chi connectivity index (χ0) is 12.7. The van der Waals surface area contributed by atoms with Crippen molar-refractivity contribution in [1.82, 2.24) is 10.3 Å². The molecule has 0 radical (unpaired) electrons. The van der Waals surface area contributed by atoms with Gasteiger partial charge in [0, 0.05) is 30.4 Å². The maximum atomic E-state index is 5.54. The van der Waals surface area contributed by atoms with Crippen LogP contribution in [0.3, 0.4) is 0 Å². The summed E-state index contributed by atoms with van der Waals surface area (Å²) < 4.78 is 10.7. The number of aromatic nitrogens is 1. The Morgan fingerprint density at radius 2 is 2.12 bits per heavy atom. The highest BCUT2D eigenvalue weighted by Crippen LogP contribution is 2.13. The summed E-state index contributed by atoms with van der Waals surface area (Å²) in [6, 6.07) is 4.31. The third-order valence-corrected chi connectivity index (χ3v) is 2.26. The summed E-state index contributed by atoms with van der Waals surface area (Å²) in [5.41, 5.74) is 1.86. The van der Waals surface area contributed by atoms with Gasteiger partial charge >= 0.3 is 0 Å². The van der Waals surface area contributed by atoms with Crippen molar-refractivity contribution < 1.29 is 9.47 Å². The standard InChI is InChI=1S/C13H22N2O2/c1-10(2)14-5-6-17-9-12-8-13(16-4)7-11(3)15-12/h7-8,10,14H,5-6,9H2,1-4H3. The molecule has 1 rings (SSSR count). The highest BCUT2D eigenvalue weighted by molar-refractivity contribution is 5.26. The van der Waals surface area contributed by atoms with E-state index < -0.39 is 0 Å². The topological polar surface area (TPSA) is 43.4 Å². The fourth-order valence-electron chi connectivity index (χ4n) is 1.49. The molecular formula is C13H22N2O2. The zero-order valence-electron chi connectivity index (χ0n) is 11.1. The Labute approximate surface area is 103 Å². The highest BCUT2D eigenvalue weighted by Gasteiger charge is 2.00. The summed E-state index contributed by atoms with van der Waals surface area (Å²) in [5, 5.41) is 3.30. The molecule has 0 unspecified atom stereocenters. The summed E-state index contributed by atoms with van der Waals surface area (Å²) in [6.07, 6.45) is 0. The van der Waals surface area contributed by atoms with Crippen LogP contribution in [0, 0.1) is 6.92 Å². The monoisotopic (exact) mass is 238 g/mol. The molecule has 96 valence electrons. The van der Waals surface area contributed by atoms with Crippen LogP contribution in [0.15, 0.2) is 12.1 Å². The second-order valence-corrected chi connectivity index (χ2v) is 4.30. The summed E-state index contributed by atoms with van der Waals surface area (Å²) >= 11 is 0. The second-order valence-electron chi connectivity index (χ2n) is 4.30. The van der Waals surface area contributed by atoms with E-state index in [1.807, 2.05) is 19.1 Å². The molecule has 0 fully saturated rings. The average molecular weight is 238 g/mol. The van der Waals surface area contributed by atoms with Gasteiger partial charge in [-0.05, 0) is 6.92 Å². The Bertz CT molecular complexity index is 340. The Morgan fingerprint density at radius 1 is 1.35 bits per heavy atom. The molecule has 4 heteroatoms. The van der Waals surface area contributed by atoms with Crippen LogP contribution in [0.4, 0.5) is 0 Å². The minimum atomic E-state index is 0.496. The molecule has 0 aliphatic rings. The van der Waals surface area contributed by atoms with Crippen molar-refractivity contribution in [3.05, 3.63) is 23.5 Å². The maximum absolute atomic E-state index is 5.54. The number of rotatable bonds is 7. The molecule has 0 bridgehead atoms. The summed E-state index contributed by atoms with van der Waals surface area (Å²) in [5.74, 6) is 0.830. The highest BCUT2D eigenvalue weighted by atomic mass is 16.5. The molecule has 0 amide bonds. The van der Waals surface area contributed by atoms with Gasteiger partial charge in [-0.15, -0.1) is 0 Å². The number of methoxy groups -OCH3 is 1. The van der Waals surface area contributed by atoms with Crippen LogP contribution in [-0.2, 0) is 11.3 Å². The first-order valence-corrected chi connectivity index (χ1v) is 5.94. The molecule has 1 N–H and O–H groups in total. The number of pyridine rings is 1. The van der Waals surface area contributed by atoms with E-state index in [-0.39, 0.29) is 0 Å². The minimum absolute atomic E-state index is 0.496. The van der Waals surface area contributed by atoms with Gasteiger partial charge in [-0.3, -0.25) is 4.98 Å². The van der Waals surface area contributed by atoms with Crippen molar-refractivity contribution in [3.8, 4) is 5.75 Å². The lowest BCUT2D eigenvalue weighted by atomic mass is 10.3. The van der Waals surface area contributed by atoms with Crippen molar-refractivity contribution in [2.75, 3.05) is 20.3 Å². The summed E-state index contributed by atoms with van der Waals surface area (Å²) in [6.45, 7) is 8.26. The van der Waals surface area contributed by atoms with Gasteiger partial charge in [0.1, 0.15) is 5.75 Å². The molecule has 0 aromatic carbocycles. The molecule has 0 aliphatic heterocycles. The zero-order valence-corrected chi connectivity index (χ0v) is 11.1. The molecule has 17 heavy (non-hydrogen) atoms. The van der Waals surface area contributed by atoms with Gasteiger partial charge in [-0.2, -0.15) is 0 Å². The van der Waals surface area contributed by atoms with E-state index in [0.717, 1.165) is 23.7 Å². The molecule has 1 heterocycles. The molecule has 0 saturated heterocycles. The van der Waals surface area contributed by atoms with Gasteiger partial charge in [0.2, 0.25) is 0 Å². The molecule has 0 saturated carbocycles. The maximum Gasteiger partial charge on any atom is 0.122 e. The van der Waals surface area contributed by atoms with Gasteiger partial charge in [0.15, 0.2) is 0 Å². The molecule has 0 spiro atoms. The van der Waals surface area contributed by atoms with E-state index in [0.29, 0.717) is 19.3 Å². The van der Waals surface area contributed by atoms with Crippen LogP contribution in [0.25, 0.3) is 0 Å². The van der Waals surface area contributed by atoms with Crippen LogP contribution in [0.5, 0.6) is 5.75 Å². The lowest BCUT2D eigenvalue weighted by Crippen LogP contribution is -2.26. The largest absolute Gasteiger partial charge is 0.497 e. The molecule has 1 aromatic rings. The van der Waals surface area contributed by atoms with Gasteiger partial charge in [-0.25, -0.2) is 0 Å². The number of hydrogen-bond acceptors (Lipinski definition) is 4. The predicted molar refractivity (Wildman–Crippen MR) is 68.3 cm³/mol. The van der Waals surface area contributed by atoms with Gasteiger partial charge in [0.25, 0.3) is 0 Å². The predicted octanol–water partition coefficient (Wildman–Crippen LogP) is 1.91. The van der Waals surface area contributed by atoms with Crippen molar-refractivity contribution >= 4 is 0 Å². The lowest BCUT2D eigenvalue weighted by molar-refractivity contribution is 0.118. The molecule has 0 aliphatic carbocycles. The Hall–Kier alpha value is -1.13. The molecule has 1 aromatic heterocycles. The summed E-state index contributed by atoms with van der Waals surface area (Å²) in [7, 11) is 1.66. The lowest BCUT2D eigenvalue weighted by Gasteiger charge is -2.09. The van der Waals surface area contributed by atoms with Gasteiger partial charge < -0.3 is 14.8 Å². The number of nitrogens with zero attached hydrogens (tertiary/aromatic N) is 1. The van der Waals surface area contributed by atoms with Gasteiger partial charge in [0.05, 0.1) is 26.0 Å². The van der Waals surface area contributed by atoms with Crippen molar-refractivity contribution in [2.45, 2.75) is 33.4 Å². The van der Waals surface area contributed by atoms with Crippen molar-refractivity contribution in [3.63, 3.8) is 0 Å². The third kappa shape index (κ3) is 5.65. The molecule has 0 atom stereocenters. The van der Waals surface area contributed by atoms with E-state index in [1.54, 1.807) is 7.11 Å². The first-order valence-electron chi connectivity index (χ1n) is 5.94. The van der Waals surface area contributed by atoms with E-state index in [9.17, 15) is 0 Å². The Kier molecular flexibility index (Phi) is 5.94. The fraction of sp³-hybridized carbons (Fsp3) is 0.615. The SMILES string of the molecule is COc1cc(C)nc(COCCNC(C)C)c1. The smallest absolute Gasteiger partial charge is 0.122 e. The number of aryl methyl sites for hydroxylation is 1. The fourth-order valence-corrected chi connectivity index (χ4v) is 1.49. The number of hydrogen-bond donors (Lipinski definition) is 1. The van der Waals surface area contributed by atoms with E-state index in [4.69, 9.17) is 9.47 Å². The molecule has 4 nitrogen and oxygen atoms in total. The first kappa shape index (κ1) is 13.9. The number of nitrogens with one attached hydrogen (secondary N) is 1. The van der Waals surface area contributed by atoms with Crippen molar-refractivity contribution in [2.24, 2.45) is 0 Å². The third-order valence-electron chi connectivity index (χ3n) is 2.26. The normalized spacial score (nSPS) is 10.9. The Balaban J connectivity index is 2.33. The average Bonchev–Trinajstić information content (AvgIpc) is 2.27. The van der Waals surface area contributed by atoms with E-state index in [1.165, 1.54) is 0 Å².